The highest BCUT2D eigenvalue weighted by Crippen LogP contribution is 2.60. The number of rotatable bonds is 64. The van der Waals surface area contributed by atoms with E-state index < -0.39 is 88.6 Å². The number of allylic oxidation sites excluding steroid dienone is 1. The van der Waals surface area contributed by atoms with E-state index in [9.17, 15) is 57.8 Å². The van der Waals surface area contributed by atoms with Crippen LogP contribution in [0.25, 0.3) is 0 Å². The Morgan fingerprint density at radius 3 is 1.70 bits per heavy atom. The van der Waals surface area contributed by atoms with Gasteiger partial charge >= 0.3 is 6.03 Å². The van der Waals surface area contributed by atoms with Crippen molar-refractivity contribution in [2.75, 3.05) is 183 Å². The molecule has 0 saturated heterocycles. The van der Waals surface area contributed by atoms with Crippen molar-refractivity contribution in [3.8, 4) is 11.8 Å². The fourth-order valence-corrected chi connectivity index (χ4v) is 21.8. The van der Waals surface area contributed by atoms with Gasteiger partial charge in [-0.05, 0) is 196 Å². The number of carbonyl (C=O) groups is 12. The normalized spacial score (nSPS) is 20.7. The van der Waals surface area contributed by atoms with E-state index in [1.54, 1.807) is 24.8 Å². The predicted octanol–water partition coefficient (Wildman–Crippen LogP) is 9.63. The number of fused-ring (bicyclic) bond motifs is 8. The average molecular weight is 2060 g/mol. The lowest BCUT2D eigenvalue weighted by Crippen LogP contribution is -2.60. The van der Waals surface area contributed by atoms with Gasteiger partial charge in [0.05, 0.1) is 175 Å². The summed E-state index contributed by atoms with van der Waals surface area (Å²) in [6, 6.07) is 22.5. The molecule has 6 aliphatic rings. The Kier molecular flexibility index (Phi) is 48.7. The van der Waals surface area contributed by atoms with Gasteiger partial charge in [0.2, 0.25) is 53.2 Å². The minimum absolute atomic E-state index is 0.00334. The first-order valence-corrected chi connectivity index (χ1v) is 53.8. The van der Waals surface area contributed by atoms with Gasteiger partial charge in [-0.3, -0.25) is 58.1 Å². The van der Waals surface area contributed by atoms with Gasteiger partial charge < -0.3 is 111 Å². The fraction of sp³-hybridized carbons (Fsp3) is 0.646. The third kappa shape index (κ3) is 36.6. The molecule has 0 radical (unpaired) electrons. The minimum atomic E-state index is -1.55. The molecule has 816 valence electrons. The number of carbonyl (C=O) groups excluding carboxylic acids is 12. The van der Waals surface area contributed by atoms with Crippen molar-refractivity contribution >= 4 is 82.1 Å². The number of anilines is 2. The maximum Gasteiger partial charge on any atom is 0.312 e. The number of unbranched alkanes of at least 4 members (excludes halogenated alkanes) is 1. The molecule has 1 unspecified atom stereocenters. The van der Waals surface area contributed by atoms with Crippen LogP contribution < -0.4 is 64.2 Å². The quantitative estimate of drug-likeness (QED) is 0.00846. The summed E-state index contributed by atoms with van der Waals surface area (Å²) in [7, 11) is 6.22. The second-order valence-electron chi connectivity index (χ2n) is 42.7. The first-order chi connectivity index (χ1) is 71.0. The van der Waals surface area contributed by atoms with Crippen LogP contribution in [0.5, 0.6) is 0 Å². The molecule has 4 aromatic rings. The number of quaternary nitrogens is 1. The average Bonchev–Trinajstić information content (AvgIpc) is 0.714. The summed E-state index contributed by atoms with van der Waals surface area (Å²) in [5.74, 6) is 0.364. The van der Waals surface area contributed by atoms with Crippen molar-refractivity contribution in [3.05, 3.63) is 141 Å². The van der Waals surface area contributed by atoms with E-state index in [0.29, 0.717) is 174 Å². The highest BCUT2D eigenvalue weighted by Gasteiger charge is 2.59. The number of ketones is 2. The van der Waals surface area contributed by atoms with Crippen LogP contribution in [0.2, 0.25) is 0 Å². The Hall–Kier alpha value is -10.6. The Bertz CT molecular complexity index is 5150. The summed E-state index contributed by atoms with van der Waals surface area (Å²) in [6.07, 6.45) is 13.1. The molecule has 2 fully saturated rings. The van der Waals surface area contributed by atoms with Gasteiger partial charge in [0.1, 0.15) is 36.3 Å². The molecule has 0 aromatic heterocycles. The van der Waals surface area contributed by atoms with Gasteiger partial charge in [0.15, 0.2) is 0 Å². The minimum Gasteiger partial charge on any atom is -0.399 e. The highest BCUT2D eigenvalue weighted by molar-refractivity contribution is 6.02. The molecular weight excluding hydrogens is 1890 g/mol. The number of amides is 11. The number of para-hydroxylation sites is 1. The van der Waals surface area contributed by atoms with Gasteiger partial charge in [-0.1, -0.05) is 146 Å². The summed E-state index contributed by atoms with van der Waals surface area (Å²) in [5, 5.41) is 36.9. The van der Waals surface area contributed by atoms with Crippen molar-refractivity contribution in [3.63, 3.8) is 0 Å². The van der Waals surface area contributed by atoms with Crippen LogP contribution >= 0.6 is 0 Å². The molecule has 35 nitrogen and oxygen atoms in total. The molecule has 1 aliphatic heterocycles. The first-order valence-electron chi connectivity index (χ1n) is 53.8. The second-order valence-corrected chi connectivity index (χ2v) is 42.7. The van der Waals surface area contributed by atoms with Crippen LogP contribution in [-0.4, -0.2) is 277 Å². The lowest BCUT2D eigenvalue weighted by molar-refractivity contribution is -0.869. The van der Waals surface area contributed by atoms with Crippen LogP contribution in [0.4, 0.5) is 16.2 Å². The van der Waals surface area contributed by atoms with Gasteiger partial charge in [-0.15, -0.1) is 0 Å². The number of aliphatic hydroxyl groups is 1. The molecule has 0 spiro atoms. The molecule has 1 heterocycles. The third-order valence-electron chi connectivity index (χ3n) is 30.2. The molecule has 5 aliphatic carbocycles. The molecule has 148 heavy (non-hydrogen) atoms. The molecule has 10 rings (SSSR count). The van der Waals surface area contributed by atoms with Crippen molar-refractivity contribution in [1.82, 2.24) is 42.5 Å². The smallest absolute Gasteiger partial charge is 0.312 e. The molecule has 4 aromatic carbocycles. The number of ether oxygens (including phenoxy) is 9. The molecule has 14 N–H and O–H groups in total. The molecule has 11 atom stereocenters. The lowest BCUT2D eigenvalue weighted by Gasteiger charge is -2.56. The summed E-state index contributed by atoms with van der Waals surface area (Å²) in [5.41, 5.74) is 20.7. The SMILES string of the molecule is Cc1ccc2c(c1)[C@@]1(C)CCC[C@](C)(C(=O)NC(=O)[C@@]3(C)CCC[C@]4(C)c5cc(NC(=O)[C@H](CO)NC(=O)[C@H](CCCNC(N)=O)NC(=O)[C@@H](NC(=O)[C@@H](CCCCNC(=O)COC6CCCCCC(NCCOCCOCCOCCOCCC(=O)NCC[N+](C)(C)C)=C6N)CC(=O)CCOCCOCCOCCOCCCC(=O)CCC(=O)N6Cc7ccccc7C#Cc7ccccc76)C(C)C)ccc5CC[C@@H]34)[C@@H]1CC2. The first kappa shape index (κ1) is 119. The molecular formula is C113H168N13O22+. The number of imide groups is 1. The van der Waals surface area contributed by atoms with E-state index in [1.165, 1.54) is 16.7 Å². The van der Waals surface area contributed by atoms with E-state index in [2.05, 4.69) is 127 Å². The number of nitrogens with one attached hydrogen (secondary N) is 9. The number of hydrogen-bond acceptors (Lipinski definition) is 24. The number of nitrogens with zero attached hydrogens (tertiary/aromatic N) is 2. The zero-order chi connectivity index (χ0) is 107. The number of aliphatic hydroxyl groups excluding tert-OH is 1. The predicted molar refractivity (Wildman–Crippen MR) is 563 cm³/mol. The maximum atomic E-state index is 15.1. The van der Waals surface area contributed by atoms with Crippen LogP contribution in [0, 0.1) is 53.3 Å². The molecule has 2 saturated carbocycles. The Balaban J connectivity index is 0.682. The van der Waals surface area contributed by atoms with Gasteiger partial charge in [-0.2, -0.15) is 0 Å². The number of Topliss-reactive ketones (excluding diaryl/α,β-unsaturated/α-hetero) is 2. The fourth-order valence-electron chi connectivity index (χ4n) is 21.8. The summed E-state index contributed by atoms with van der Waals surface area (Å²) in [6.45, 7) is 20.3. The summed E-state index contributed by atoms with van der Waals surface area (Å²) >= 11 is 0. The standard InChI is InChI=1S/C113H167N13O22/c1-78(2)102(106(136)121-92(30-20-52-119-109(115)139)104(134)122-93(76-127)105(135)120-86-40-37-82-39-43-97-111(5,90(82)74-86)48-23-50-113(97,7)108(138)124-107(137)112(6)49-22-47-110(4)89-72-79(3)33-34-81(89)38-42-96(110)112)123-103(133)84(26-18-19-51-117-99(131)77-148-95-32-13-11-12-29-91(101(95)114)116-54-59-143-63-67-147-71-70-146-66-62-142-58-46-98(130)118-53-55-126(8,9)10)73-88(129)45-57-141-61-65-145-69-68-144-64-60-140-56-21-28-87(128)41-44-100(132)125-75-85-27-15-14-24-80(85)35-36-83-25-16-17-31-94(83)125/h14-17,24-25,27,31,33-34,37,40,72,74,78,84,92-93,95-97,102,116,127H,11-13,18-23,26,28-30,32,38-39,41-71,73,75-77,114H2,1-10H3,(H9-,115,117,118,119,120,121,122,123,124,130,131,133,134,135,136,137,138,139)/p+1/t84-,92-,93-,95?,96+,97+,102-,110+,111+,112-,113-/m0/s1. The van der Waals surface area contributed by atoms with Crippen LogP contribution in [0.3, 0.4) is 0 Å². The number of urea groups is 1. The lowest BCUT2D eigenvalue weighted by atomic mass is 9.49. The van der Waals surface area contributed by atoms with Crippen molar-refractivity contribution < 1.29 is 110 Å². The zero-order valence-corrected chi connectivity index (χ0v) is 89.3. The van der Waals surface area contributed by atoms with Crippen LogP contribution in [-0.2, 0) is 126 Å². The van der Waals surface area contributed by atoms with Gasteiger partial charge in [0.25, 0.3) is 0 Å². The molecule has 35 heteroatoms. The van der Waals surface area contributed by atoms with E-state index in [4.69, 9.17) is 54.1 Å². The number of benzene rings is 4. The monoisotopic (exact) mass is 2060 g/mol. The second kappa shape index (κ2) is 60.4. The van der Waals surface area contributed by atoms with E-state index in [-0.39, 0.29) is 162 Å². The Labute approximate surface area is 874 Å². The van der Waals surface area contributed by atoms with Crippen LogP contribution in [0.15, 0.2) is 96.3 Å². The van der Waals surface area contributed by atoms with Gasteiger partial charge in [0, 0.05) is 93.2 Å². The third-order valence-corrected chi connectivity index (χ3v) is 30.2. The summed E-state index contributed by atoms with van der Waals surface area (Å²) < 4.78 is 52.5. The number of nitrogens with two attached hydrogens (primary N) is 2. The summed E-state index contributed by atoms with van der Waals surface area (Å²) in [4.78, 5) is 168. The topological polar surface area (TPSA) is 472 Å². The molecule has 0 bridgehead atoms. The zero-order valence-electron chi connectivity index (χ0n) is 89.3. The largest absolute Gasteiger partial charge is 0.399 e. The number of aryl methyl sites for hydroxylation is 3. The van der Waals surface area contributed by atoms with Crippen LogP contribution in [0.1, 0.15) is 247 Å². The van der Waals surface area contributed by atoms with Crippen molar-refractivity contribution in [2.24, 2.45) is 46.0 Å². The maximum absolute atomic E-state index is 15.1. The van der Waals surface area contributed by atoms with Gasteiger partial charge in [-0.25, -0.2) is 4.79 Å². The number of primary amides is 1. The van der Waals surface area contributed by atoms with Crippen molar-refractivity contribution in [2.45, 2.75) is 263 Å². The Morgan fingerprint density at radius 1 is 0.500 bits per heavy atom. The van der Waals surface area contributed by atoms with E-state index in [1.807, 2.05) is 67.6 Å². The molecule has 11 amide bonds. The van der Waals surface area contributed by atoms with E-state index >= 15 is 4.79 Å². The number of likely N-dealkylation sites (N-methyl/N-ethyl adjacent to an activating group) is 1. The van der Waals surface area contributed by atoms with E-state index in [0.717, 1.165) is 102 Å². The van der Waals surface area contributed by atoms with Crippen molar-refractivity contribution in [1.29, 1.82) is 0 Å². The Morgan fingerprint density at radius 2 is 1.07 bits per heavy atom. The number of hydrogen-bond donors (Lipinski definition) is 12. The highest BCUT2D eigenvalue weighted by atomic mass is 16.6.